The number of hydrogen-bond acceptors (Lipinski definition) is 9. The average Bonchev–Trinajstić information content (AvgIpc) is 3.41. The molecule has 0 saturated carbocycles. The molecule has 0 saturated heterocycles. The van der Waals surface area contributed by atoms with Gasteiger partial charge in [0.05, 0.1) is 17.4 Å². The molecule has 0 radical (unpaired) electrons. The van der Waals surface area contributed by atoms with Crippen molar-refractivity contribution in [2.75, 3.05) is 4.72 Å². The van der Waals surface area contributed by atoms with Gasteiger partial charge in [-0.05, 0) is 62.4 Å². The second-order valence-electron chi connectivity index (χ2n) is 7.19. The fourth-order valence-corrected chi connectivity index (χ4v) is 5.09. The third-order valence-electron chi connectivity index (χ3n) is 4.72. The molecular weight excluding hydrogens is 462 g/mol. The number of hydrogen-bond donors (Lipinski definition) is 1. The summed E-state index contributed by atoms with van der Waals surface area (Å²) in [4.78, 5) is 0.0760. The minimum absolute atomic E-state index is 0.0760. The quantitative estimate of drug-likeness (QED) is 0.389. The second kappa shape index (κ2) is 8.22. The Balaban J connectivity index is 1.30. The van der Waals surface area contributed by atoms with E-state index < -0.39 is 10.0 Å². The monoisotopic (exact) mass is 479 g/mol. The van der Waals surface area contributed by atoms with Crippen LogP contribution in [0.5, 0.6) is 11.6 Å². The van der Waals surface area contributed by atoms with E-state index in [2.05, 4.69) is 28.8 Å². The Morgan fingerprint density at radius 3 is 2.48 bits per heavy atom. The predicted octanol–water partition coefficient (Wildman–Crippen LogP) is 3.88. The highest BCUT2D eigenvalue weighted by molar-refractivity contribution is 7.93. The van der Waals surface area contributed by atoms with Crippen molar-refractivity contribution in [1.82, 2.24) is 28.7 Å². The summed E-state index contributed by atoms with van der Waals surface area (Å²) in [6, 6.07) is 16.7. The van der Waals surface area contributed by atoms with Gasteiger partial charge < -0.3 is 4.74 Å². The normalized spacial score (nSPS) is 11.6. The van der Waals surface area contributed by atoms with Crippen LogP contribution in [0.15, 0.2) is 65.6 Å². The van der Waals surface area contributed by atoms with Crippen LogP contribution in [0.1, 0.15) is 11.4 Å². The van der Waals surface area contributed by atoms with Gasteiger partial charge in [-0.25, -0.2) is 13.1 Å². The maximum Gasteiger partial charge on any atom is 0.264 e. The molecule has 0 aliphatic rings. The molecule has 0 spiro atoms. The molecule has 3 heterocycles. The molecule has 166 valence electrons. The maximum atomic E-state index is 12.8. The number of sulfonamides is 1. The van der Waals surface area contributed by atoms with E-state index in [1.165, 1.54) is 6.07 Å². The zero-order valence-corrected chi connectivity index (χ0v) is 19.1. The van der Waals surface area contributed by atoms with Crippen LogP contribution in [-0.4, -0.2) is 37.1 Å². The number of rotatable bonds is 6. The van der Waals surface area contributed by atoms with Gasteiger partial charge in [-0.2, -0.15) is 13.8 Å². The van der Waals surface area contributed by atoms with Crippen LogP contribution in [0.25, 0.3) is 16.9 Å². The summed E-state index contributed by atoms with van der Waals surface area (Å²) < 4.78 is 43.8. The summed E-state index contributed by atoms with van der Waals surface area (Å²) in [7, 11) is -3.83. The molecule has 12 heteroatoms. The van der Waals surface area contributed by atoms with Crippen molar-refractivity contribution < 1.29 is 13.2 Å². The lowest BCUT2D eigenvalue weighted by Crippen LogP contribution is -2.13. The van der Waals surface area contributed by atoms with Gasteiger partial charge in [-0.15, -0.1) is 10.2 Å². The van der Waals surface area contributed by atoms with E-state index in [1.54, 1.807) is 53.2 Å². The van der Waals surface area contributed by atoms with Gasteiger partial charge in [0.2, 0.25) is 5.88 Å². The predicted molar refractivity (Wildman–Crippen MR) is 123 cm³/mol. The van der Waals surface area contributed by atoms with Gasteiger partial charge in [-0.1, -0.05) is 6.07 Å². The van der Waals surface area contributed by atoms with E-state index in [1.807, 2.05) is 19.9 Å². The molecule has 0 aliphatic carbocycles. The molecule has 10 nitrogen and oxygen atoms in total. The van der Waals surface area contributed by atoms with Gasteiger partial charge >= 0.3 is 0 Å². The zero-order chi connectivity index (χ0) is 23.0. The Morgan fingerprint density at radius 1 is 0.970 bits per heavy atom. The molecule has 5 rings (SSSR count). The van der Waals surface area contributed by atoms with Crippen LogP contribution in [0, 0.1) is 13.8 Å². The van der Waals surface area contributed by atoms with Gasteiger partial charge in [0.25, 0.3) is 10.0 Å². The number of nitrogens with one attached hydrogen (secondary N) is 1. The van der Waals surface area contributed by atoms with Crippen molar-refractivity contribution in [3.63, 3.8) is 0 Å². The van der Waals surface area contributed by atoms with Crippen LogP contribution in [-0.2, 0) is 10.0 Å². The molecule has 0 unspecified atom stereocenters. The Bertz CT molecular complexity index is 1540. The molecule has 0 atom stereocenters. The first-order valence-electron chi connectivity index (χ1n) is 9.78. The van der Waals surface area contributed by atoms with Crippen LogP contribution >= 0.6 is 11.7 Å². The molecule has 1 N–H and O–H groups in total. The van der Waals surface area contributed by atoms with E-state index in [0.29, 0.717) is 34.2 Å². The van der Waals surface area contributed by atoms with Gasteiger partial charge in [0.1, 0.15) is 21.7 Å². The molecule has 0 bridgehead atoms. The standard InChI is InChI=1S/C21H17N7O3S2/c1-13-12-14(2)28(24-13)19-10-11-20(23-22-19)31-16-8-6-15(7-9-16)27-33(29,30)18-5-3-4-17-21(18)26-32-25-17/h3-12,27H,1-2H3. The van der Waals surface area contributed by atoms with E-state index in [9.17, 15) is 8.42 Å². The molecule has 33 heavy (non-hydrogen) atoms. The van der Waals surface area contributed by atoms with Crippen molar-refractivity contribution in [2.45, 2.75) is 18.7 Å². The topological polar surface area (TPSA) is 125 Å². The lowest BCUT2D eigenvalue weighted by atomic mass is 10.3. The van der Waals surface area contributed by atoms with Crippen molar-refractivity contribution >= 4 is 38.5 Å². The van der Waals surface area contributed by atoms with Crippen molar-refractivity contribution in [3.8, 4) is 17.4 Å². The number of benzene rings is 2. The average molecular weight is 480 g/mol. The Kier molecular flexibility index (Phi) is 5.23. The third kappa shape index (κ3) is 4.25. The Labute approximate surface area is 193 Å². The number of ether oxygens (including phenoxy) is 1. The van der Waals surface area contributed by atoms with E-state index in [-0.39, 0.29) is 4.90 Å². The largest absolute Gasteiger partial charge is 0.438 e. The fourth-order valence-electron chi connectivity index (χ4n) is 3.26. The molecule has 3 aromatic heterocycles. The smallest absolute Gasteiger partial charge is 0.264 e. The van der Waals surface area contributed by atoms with Crippen molar-refractivity contribution in [3.05, 3.63) is 72.1 Å². The second-order valence-corrected chi connectivity index (χ2v) is 9.37. The van der Waals surface area contributed by atoms with Crippen LogP contribution in [0.3, 0.4) is 0 Å². The first-order valence-corrected chi connectivity index (χ1v) is 12.0. The number of aromatic nitrogens is 6. The summed E-state index contributed by atoms with van der Waals surface area (Å²) in [6.07, 6.45) is 0. The molecule has 2 aromatic carbocycles. The molecule has 0 fully saturated rings. The zero-order valence-electron chi connectivity index (χ0n) is 17.5. The third-order valence-corrected chi connectivity index (χ3v) is 6.68. The summed E-state index contributed by atoms with van der Waals surface area (Å²) in [6.45, 7) is 3.85. The van der Waals surface area contributed by atoms with Gasteiger partial charge in [0.15, 0.2) is 5.82 Å². The summed E-state index contributed by atoms with van der Waals surface area (Å²) in [5.74, 6) is 1.37. The van der Waals surface area contributed by atoms with E-state index >= 15 is 0 Å². The number of aryl methyl sites for hydroxylation is 2. The van der Waals surface area contributed by atoms with E-state index in [4.69, 9.17) is 4.74 Å². The lowest BCUT2D eigenvalue weighted by molar-refractivity contribution is 0.454. The SMILES string of the molecule is Cc1cc(C)n(-c2ccc(Oc3ccc(NS(=O)(=O)c4cccc5nsnc45)cc3)nn2)n1. The highest BCUT2D eigenvalue weighted by Gasteiger charge is 2.19. The van der Waals surface area contributed by atoms with Crippen LogP contribution in [0.2, 0.25) is 0 Å². The summed E-state index contributed by atoms with van der Waals surface area (Å²) in [5.41, 5.74) is 3.11. The number of anilines is 1. The first-order chi connectivity index (χ1) is 15.9. The first kappa shape index (κ1) is 21.0. The molecule has 0 aliphatic heterocycles. The van der Waals surface area contributed by atoms with Crippen LogP contribution < -0.4 is 9.46 Å². The Hall–Kier alpha value is -3.90. The van der Waals surface area contributed by atoms with Gasteiger partial charge in [0, 0.05) is 17.4 Å². The molecule has 5 aromatic rings. The highest BCUT2D eigenvalue weighted by atomic mass is 32.2. The number of fused-ring (bicyclic) bond motifs is 1. The van der Waals surface area contributed by atoms with Crippen LogP contribution in [0.4, 0.5) is 5.69 Å². The Morgan fingerprint density at radius 2 is 1.79 bits per heavy atom. The summed E-state index contributed by atoms with van der Waals surface area (Å²) in [5, 5.41) is 12.6. The van der Waals surface area contributed by atoms with Gasteiger partial charge in [-0.3, -0.25) is 4.72 Å². The molecule has 0 amide bonds. The number of nitrogens with zero attached hydrogens (tertiary/aromatic N) is 6. The minimum Gasteiger partial charge on any atom is -0.438 e. The fraction of sp³-hybridized carbons (Fsp3) is 0.0952. The van der Waals surface area contributed by atoms with E-state index in [0.717, 1.165) is 23.1 Å². The lowest BCUT2D eigenvalue weighted by Gasteiger charge is -2.10. The molecular formula is C21H17N7O3S2. The summed E-state index contributed by atoms with van der Waals surface area (Å²) >= 11 is 0.969. The van der Waals surface area contributed by atoms with Crippen molar-refractivity contribution in [2.24, 2.45) is 0 Å². The van der Waals surface area contributed by atoms with Crippen molar-refractivity contribution in [1.29, 1.82) is 0 Å². The highest BCUT2D eigenvalue weighted by Crippen LogP contribution is 2.26. The minimum atomic E-state index is -3.83. The maximum absolute atomic E-state index is 12.8.